The highest BCUT2D eigenvalue weighted by Crippen LogP contribution is 2.32. The Morgan fingerprint density at radius 2 is 2.29 bits per heavy atom. The number of nitrogens with one attached hydrogen (secondary N) is 1. The monoisotopic (exact) mass is 395 g/mol. The summed E-state index contributed by atoms with van der Waals surface area (Å²) in [7, 11) is 0. The number of benzene rings is 1. The first-order valence-electron chi connectivity index (χ1n) is 9.48. The molecule has 2 atom stereocenters. The van der Waals surface area contributed by atoms with Crippen molar-refractivity contribution >= 4 is 32.7 Å². The number of furan rings is 1. The molecule has 0 radical (unpaired) electrons. The topological polar surface area (TPSA) is 69.4 Å². The van der Waals surface area contributed by atoms with E-state index in [1.165, 1.54) is 11.3 Å². The summed E-state index contributed by atoms with van der Waals surface area (Å²) < 4.78 is 18.4. The number of fused-ring (bicyclic) bond motifs is 2. The standard InChI is InChI=1S/C21H21N3O3S/c1-13-6-8-25-18(13)11-22-10-14-12-26-17-9-15(4-5-16(14)17)27-21-24-20-19(28-21)3-2-7-23-20/h2-5,7,9,12-13,18,22H,6,8,10-11H2,1H3/t13?,18-/m1/s1. The molecule has 7 heteroatoms. The maximum Gasteiger partial charge on any atom is 0.281 e. The van der Waals surface area contributed by atoms with Gasteiger partial charge in [0.25, 0.3) is 5.19 Å². The van der Waals surface area contributed by atoms with Crippen LogP contribution < -0.4 is 10.1 Å². The van der Waals surface area contributed by atoms with Gasteiger partial charge in [0.2, 0.25) is 0 Å². The van der Waals surface area contributed by atoms with Crippen LogP contribution in [-0.4, -0.2) is 29.2 Å². The predicted octanol–water partition coefficient (Wildman–Crippen LogP) is 4.74. The molecule has 0 bridgehead atoms. The Kier molecular flexibility index (Phi) is 4.72. The second-order valence-electron chi connectivity index (χ2n) is 7.13. The van der Waals surface area contributed by atoms with Gasteiger partial charge in [-0.3, -0.25) is 0 Å². The fourth-order valence-corrected chi connectivity index (χ4v) is 4.32. The molecule has 1 unspecified atom stereocenters. The van der Waals surface area contributed by atoms with Gasteiger partial charge in [-0.15, -0.1) is 0 Å². The van der Waals surface area contributed by atoms with Gasteiger partial charge in [-0.2, -0.15) is 4.98 Å². The lowest BCUT2D eigenvalue weighted by atomic mass is 10.0. The van der Waals surface area contributed by atoms with Crippen molar-refractivity contribution in [1.29, 1.82) is 0 Å². The van der Waals surface area contributed by atoms with Crippen LogP contribution in [0, 0.1) is 5.92 Å². The van der Waals surface area contributed by atoms with E-state index in [0.29, 0.717) is 28.6 Å². The molecule has 1 aliphatic heterocycles. The molecule has 1 aliphatic rings. The Hall–Kier alpha value is -2.48. The molecule has 5 rings (SSSR count). The summed E-state index contributed by atoms with van der Waals surface area (Å²) in [6.45, 7) is 4.73. The Morgan fingerprint density at radius 3 is 3.14 bits per heavy atom. The Balaban J connectivity index is 1.27. The van der Waals surface area contributed by atoms with E-state index in [9.17, 15) is 0 Å². The third kappa shape index (κ3) is 3.48. The smallest absolute Gasteiger partial charge is 0.281 e. The van der Waals surface area contributed by atoms with Gasteiger partial charge in [-0.05, 0) is 36.6 Å². The van der Waals surface area contributed by atoms with Gasteiger partial charge in [0.05, 0.1) is 17.1 Å². The highest BCUT2D eigenvalue weighted by atomic mass is 32.1. The fourth-order valence-electron chi connectivity index (χ4n) is 3.52. The molecule has 0 spiro atoms. The van der Waals surface area contributed by atoms with Crippen molar-refractivity contribution in [3.63, 3.8) is 0 Å². The zero-order valence-electron chi connectivity index (χ0n) is 15.6. The molecule has 1 aromatic carbocycles. The van der Waals surface area contributed by atoms with E-state index in [2.05, 4.69) is 22.2 Å². The number of thiazole rings is 1. The van der Waals surface area contributed by atoms with Crippen molar-refractivity contribution in [2.75, 3.05) is 13.2 Å². The summed E-state index contributed by atoms with van der Waals surface area (Å²) in [5.74, 6) is 1.32. The van der Waals surface area contributed by atoms with E-state index in [0.717, 1.165) is 47.3 Å². The maximum absolute atomic E-state index is 5.92. The minimum atomic E-state index is 0.307. The Labute approximate surface area is 166 Å². The number of hydrogen-bond acceptors (Lipinski definition) is 7. The van der Waals surface area contributed by atoms with Gasteiger partial charge in [-0.25, -0.2) is 4.98 Å². The molecular weight excluding hydrogens is 374 g/mol. The van der Waals surface area contributed by atoms with Crippen LogP contribution in [0.3, 0.4) is 0 Å². The van der Waals surface area contributed by atoms with Crippen LogP contribution in [0.5, 0.6) is 10.9 Å². The molecule has 28 heavy (non-hydrogen) atoms. The molecule has 0 aliphatic carbocycles. The number of ether oxygens (including phenoxy) is 2. The molecule has 4 aromatic rings. The average molecular weight is 395 g/mol. The SMILES string of the molecule is CC1CCO[C@@H]1CNCc1coc2cc(Oc3nc4ncccc4s3)ccc12. The molecule has 3 aromatic heterocycles. The van der Waals surface area contributed by atoms with E-state index in [-0.39, 0.29) is 0 Å². The lowest BCUT2D eigenvalue weighted by Crippen LogP contribution is -2.29. The molecule has 0 amide bonds. The van der Waals surface area contributed by atoms with Crippen LogP contribution in [0.25, 0.3) is 21.3 Å². The Bertz CT molecular complexity index is 1070. The van der Waals surface area contributed by atoms with Crippen molar-refractivity contribution < 1.29 is 13.9 Å². The normalized spacial score (nSPS) is 19.6. The minimum Gasteiger partial charge on any atom is -0.464 e. The maximum atomic E-state index is 5.92. The first-order valence-corrected chi connectivity index (χ1v) is 10.3. The van der Waals surface area contributed by atoms with Crippen molar-refractivity contribution in [3.05, 3.63) is 48.4 Å². The quantitative estimate of drug-likeness (QED) is 0.508. The second-order valence-corrected chi connectivity index (χ2v) is 8.13. The number of pyridine rings is 1. The van der Waals surface area contributed by atoms with Crippen molar-refractivity contribution in [2.45, 2.75) is 26.0 Å². The second kappa shape index (κ2) is 7.50. The third-order valence-corrected chi connectivity index (χ3v) is 6.07. The van der Waals surface area contributed by atoms with Gasteiger partial charge >= 0.3 is 0 Å². The summed E-state index contributed by atoms with van der Waals surface area (Å²) in [6, 6.07) is 9.77. The molecule has 1 fully saturated rings. The third-order valence-electron chi connectivity index (χ3n) is 5.18. The summed E-state index contributed by atoms with van der Waals surface area (Å²) in [5, 5.41) is 5.16. The molecule has 144 valence electrons. The molecular formula is C21H21N3O3S. The predicted molar refractivity (Wildman–Crippen MR) is 109 cm³/mol. The molecule has 1 saturated heterocycles. The van der Waals surface area contributed by atoms with Gasteiger partial charge in [0.15, 0.2) is 5.65 Å². The first kappa shape index (κ1) is 17.6. The van der Waals surface area contributed by atoms with Gasteiger partial charge in [-0.1, -0.05) is 18.3 Å². The summed E-state index contributed by atoms with van der Waals surface area (Å²) in [6.07, 6.45) is 4.99. The molecule has 0 saturated carbocycles. The van der Waals surface area contributed by atoms with E-state index in [4.69, 9.17) is 13.9 Å². The zero-order valence-corrected chi connectivity index (χ0v) is 16.4. The highest BCUT2D eigenvalue weighted by molar-refractivity contribution is 7.20. The van der Waals surface area contributed by atoms with Crippen LogP contribution in [0.4, 0.5) is 0 Å². The van der Waals surface area contributed by atoms with E-state index in [1.807, 2.05) is 36.6 Å². The van der Waals surface area contributed by atoms with Crippen LogP contribution in [0.15, 0.2) is 47.2 Å². The van der Waals surface area contributed by atoms with Crippen LogP contribution in [-0.2, 0) is 11.3 Å². The van der Waals surface area contributed by atoms with Crippen LogP contribution >= 0.6 is 11.3 Å². The van der Waals surface area contributed by atoms with E-state index in [1.54, 1.807) is 6.20 Å². The number of aromatic nitrogens is 2. The largest absolute Gasteiger partial charge is 0.464 e. The number of nitrogens with zero attached hydrogens (tertiary/aromatic N) is 2. The van der Waals surface area contributed by atoms with Crippen LogP contribution in [0.2, 0.25) is 0 Å². The lowest BCUT2D eigenvalue weighted by Gasteiger charge is -2.14. The number of rotatable bonds is 6. The summed E-state index contributed by atoms with van der Waals surface area (Å²) >= 11 is 1.48. The highest BCUT2D eigenvalue weighted by Gasteiger charge is 2.23. The van der Waals surface area contributed by atoms with Crippen molar-refractivity contribution in [1.82, 2.24) is 15.3 Å². The van der Waals surface area contributed by atoms with Crippen molar-refractivity contribution in [2.24, 2.45) is 5.92 Å². The zero-order chi connectivity index (χ0) is 18.9. The number of hydrogen-bond donors (Lipinski definition) is 1. The van der Waals surface area contributed by atoms with Gasteiger partial charge in [0, 0.05) is 42.9 Å². The van der Waals surface area contributed by atoms with Crippen LogP contribution in [0.1, 0.15) is 18.9 Å². The Morgan fingerprint density at radius 1 is 1.32 bits per heavy atom. The van der Waals surface area contributed by atoms with Crippen molar-refractivity contribution in [3.8, 4) is 10.9 Å². The summed E-state index contributed by atoms with van der Waals surface area (Å²) in [4.78, 5) is 8.65. The van der Waals surface area contributed by atoms with Gasteiger partial charge < -0.3 is 19.2 Å². The molecule has 6 nitrogen and oxygen atoms in total. The summed E-state index contributed by atoms with van der Waals surface area (Å²) in [5.41, 5.74) is 2.64. The van der Waals surface area contributed by atoms with E-state index < -0.39 is 0 Å². The first-order chi connectivity index (χ1) is 13.8. The van der Waals surface area contributed by atoms with E-state index >= 15 is 0 Å². The fraction of sp³-hybridized carbons (Fsp3) is 0.333. The lowest BCUT2D eigenvalue weighted by molar-refractivity contribution is 0.0931. The minimum absolute atomic E-state index is 0.307. The van der Waals surface area contributed by atoms with Gasteiger partial charge in [0.1, 0.15) is 11.3 Å². The molecule has 1 N–H and O–H groups in total. The molecule has 4 heterocycles. The average Bonchev–Trinajstić information content (AvgIpc) is 3.40.